The summed E-state index contributed by atoms with van der Waals surface area (Å²) in [6.07, 6.45) is 12.8. The van der Waals surface area contributed by atoms with E-state index in [2.05, 4.69) is 33.0 Å². The Morgan fingerprint density at radius 2 is 1.11 bits per heavy atom. The van der Waals surface area contributed by atoms with Gasteiger partial charge < -0.3 is 9.80 Å². The number of sulfonamides is 1. The number of aryl methyl sites for hydroxylation is 1. The Labute approximate surface area is 216 Å². The molecule has 1 aromatic rings. The summed E-state index contributed by atoms with van der Waals surface area (Å²) in [6.45, 7) is 19.3. The molecule has 2 N–H and O–H groups in total. The van der Waals surface area contributed by atoms with Gasteiger partial charge in [-0.1, -0.05) is 84.4 Å². The van der Waals surface area contributed by atoms with Crippen LogP contribution in [0, 0.1) is 6.92 Å². The summed E-state index contributed by atoms with van der Waals surface area (Å²) < 4.78 is 27.0. The van der Waals surface area contributed by atoms with Crippen molar-refractivity contribution in [2.24, 2.45) is 0 Å². The highest BCUT2D eigenvalue weighted by Crippen LogP contribution is 2.16. The molecule has 0 atom stereocenters. The van der Waals surface area contributed by atoms with E-state index in [0.717, 1.165) is 18.4 Å². The van der Waals surface area contributed by atoms with Gasteiger partial charge in [0, 0.05) is 6.54 Å². The van der Waals surface area contributed by atoms with E-state index in [1.54, 1.807) is 12.1 Å². The summed E-state index contributed by atoms with van der Waals surface area (Å²) >= 11 is 0. The molecule has 0 aliphatic carbocycles. The topological polar surface area (TPSA) is 75.3 Å². The highest BCUT2D eigenvalue weighted by Gasteiger charge is 2.24. The van der Waals surface area contributed by atoms with Crippen LogP contribution in [0.3, 0.4) is 0 Å². The number of rotatable bonds is 17. The maximum Gasteiger partial charge on any atom is 0.328 e. The minimum absolute atomic E-state index is 0.0822. The van der Waals surface area contributed by atoms with Crippen molar-refractivity contribution in [2.75, 3.05) is 32.7 Å². The van der Waals surface area contributed by atoms with Gasteiger partial charge >= 0.3 is 6.03 Å². The quantitative estimate of drug-likeness (QED) is 0.178. The summed E-state index contributed by atoms with van der Waals surface area (Å²) in [5, 5.41) is 2.49. The highest BCUT2D eigenvalue weighted by molar-refractivity contribution is 7.90. The normalized spacial score (nSPS) is 11.5. The van der Waals surface area contributed by atoms with Gasteiger partial charge in [0.25, 0.3) is 10.0 Å². The first-order valence-corrected chi connectivity index (χ1v) is 15.4. The summed E-state index contributed by atoms with van der Waals surface area (Å²) in [7, 11) is -3.78. The molecule has 0 radical (unpaired) electrons. The molecule has 7 heteroatoms. The Morgan fingerprint density at radius 3 is 1.49 bits per heavy atom. The third kappa shape index (κ3) is 15.2. The number of nitrogens with one attached hydrogen (secondary N) is 2. The molecule has 35 heavy (non-hydrogen) atoms. The van der Waals surface area contributed by atoms with Crippen molar-refractivity contribution in [1.29, 1.82) is 0 Å². The number of nitrogens with zero attached hydrogens (tertiary/aromatic N) is 1. The third-order valence-corrected chi connectivity index (χ3v) is 7.67. The zero-order valence-electron chi connectivity index (χ0n) is 23.5. The van der Waals surface area contributed by atoms with E-state index in [0.29, 0.717) is 6.54 Å². The van der Waals surface area contributed by atoms with Crippen LogP contribution in [0.15, 0.2) is 29.2 Å². The van der Waals surface area contributed by atoms with Crippen LogP contribution in [0.2, 0.25) is 0 Å². The van der Waals surface area contributed by atoms with Crippen molar-refractivity contribution >= 4 is 16.1 Å². The third-order valence-electron chi connectivity index (χ3n) is 6.32. The lowest BCUT2D eigenvalue weighted by Gasteiger charge is -2.39. The first kappa shape index (κ1) is 33.4. The molecule has 204 valence electrons. The van der Waals surface area contributed by atoms with Gasteiger partial charge in [0.05, 0.1) is 31.1 Å². The van der Waals surface area contributed by atoms with Crippen molar-refractivity contribution < 1.29 is 17.7 Å². The lowest BCUT2D eigenvalue weighted by molar-refractivity contribution is -0.929. The van der Waals surface area contributed by atoms with Gasteiger partial charge in [-0.25, -0.2) is 17.9 Å². The number of hydrogen-bond acceptors (Lipinski definition) is 3. The first-order chi connectivity index (χ1) is 16.7. The Hall–Kier alpha value is -1.60. The Kier molecular flexibility index (Phi) is 18.7. The fourth-order valence-corrected chi connectivity index (χ4v) is 4.89. The fourth-order valence-electron chi connectivity index (χ4n) is 3.96. The fraction of sp³-hybridized carbons (Fsp3) is 0.750. The maximum absolute atomic E-state index is 11.8. The molecule has 0 aliphatic heterocycles. The molecule has 0 saturated heterocycles. The van der Waals surface area contributed by atoms with Crippen LogP contribution in [0.5, 0.6) is 0 Å². The Bertz CT molecular complexity index is 727. The molecule has 1 rings (SSSR count). The Morgan fingerprint density at radius 1 is 0.714 bits per heavy atom. The lowest BCUT2D eigenvalue weighted by Crippen LogP contribution is -2.50. The number of carbonyl (C=O) groups excluding carboxylic acids is 1. The minimum atomic E-state index is -3.78. The molecule has 0 unspecified atom stereocenters. The molecule has 0 saturated carbocycles. The van der Waals surface area contributed by atoms with E-state index in [-0.39, 0.29) is 4.90 Å². The monoisotopic (exact) mass is 512 g/mol. The van der Waals surface area contributed by atoms with Crippen LogP contribution in [0.4, 0.5) is 4.79 Å². The number of carbonyl (C=O) groups is 1. The van der Waals surface area contributed by atoms with Gasteiger partial charge in [-0.3, -0.25) is 0 Å². The van der Waals surface area contributed by atoms with Gasteiger partial charge in [0.2, 0.25) is 0 Å². The minimum Gasteiger partial charge on any atom is -0.337 e. The predicted molar refractivity (Wildman–Crippen MR) is 149 cm³/mol. The maximum atomic E-state index is 11.8. The van der Waals surface area contributed by atoms with Crippen molar-refractivity contribution in [1.82, 2.24) is 10.0 Å². The van der Waals surface area contributed by atoms with Crippen LogP contribution in [0.25, 0.3) is 0 Å². The van der Waals surface area contributed by atoms with Crippen molar-refractivity contribution in [3.8, 4) is 0 Å². The van der Waals surface area contributed by atoms with Crippen LogP contribution in [0.1, 0.15) is 104 Å². The van der Waals surface area contributed by atoms with E-state index < -0.39 is 16.1 Å². The van der Waals surface area contributed by atoms with Gasteiger partial charge in [-0.2, -0.15) is 0 Å². The second kappa shape index (κ2) is 19.6. The van der Waals surface area contributed by atoms with Crippen LogP contribution >= 0.6 is 0 Å². The standard InChI is InChI=1S/C16H36N.C12H18N2O3S/c1-5-9-13-17(14-10-6-2,15-11-7-3)16-12-8-4;1-3-4-9-13-12(15)14-18(16,17)11-7-5-10(2)6-8-11/h5-16H2,1-4H3;5-8H,3-4,9H2,1-2H3,(H2,13,14,15)/q+1;. The molecule has 0 spiro atoms. The number of urea groups is 1. The van der Waals surface area contributed by atoms with Crippen LogP contribution in [-0.4, -0.2) is 51.7 Å². The van der Waals surface area contributed by atoms with Gasteiger partial charge in [0.1, 0.15) is 0 Å². The number of amides is 2. The van der Waals surface area contributed by atoms with Crippen molar-refractivity contribution in [3.63, 3.8) is 0 Å². The molecule has 0 heterocycles. The molecule has 0 fully saturated rings. The number of quaternary nitrogens is 1. The lowest BCUT2D eigenvalue weighted by atomic mass is 10.1. The first-order valence-electron chi connectivity index (χ1n) is 13.9. The second-order valence-electron chi connectivity index (χ2n) is 9.68. The molecule has 0 aromatic heterocycles. The molecule has 1 aromatic carbocycles. The SMILES string of the molecule is CCCCNC(=O)NS(=O)(=O)c1ccc(C)cc1.CCCC[N+](CCCC)(CCCC)CCCC. The second-order valence-corrected chi connectivity index (χ2v) is 11.4. The molecule has 6 nitrogen and oxygen atoms in total. The molecule has 0 bridgehead atoms. The summed E-state index contributed by atoms with van der Waals surface area (Å²) in [4.78, 5) is 11.5. The number of unbranched alkanes of at least 4 members (excludes halogenated alkanes) is 5. The summed E-state index contributed by atoms with van der Waals surface area (Å²) in [6, 6.07) is 5.62. The van der Waals surface area contributed by atoms with Gasteiger partial charge in [-0.05, 0) is 51.2 Å². The largest absolute Gasteiger partial charge is 0.337 e. The van der Waals surface area contributed by atoms with Crippen LogP contribution in [-0.2, 0) is 10.0 Å². The van der Waals surface area contributed by atoms with Crippen molar-refractivity contribution in [2.45, 2.75) is 111 Å². The van der Waals surface area contributed by atoms with E-state index >= 15 is 0 Å². The van der Waals surface area contributed by atoms with Crippen molar-refractivity contribution in [3.05, 3.63) is 29.8 Å². The van der Waals surface area contributed by atoms with E-state index in [9.17, 15) is 13.2 Å². The van der Waals surface area contributed by atoms with E-state index in [1.165, 1.54) is 94.2 Å². The summed E-state index contributed by atoms with van der Waals surface area (Å²) in [5.74, 6) is 0. The number of benzene rings is 1. The Balaban J connectivity index is 0.000000662. The van der Waals surface area contributed by atoms with Crippen LogP contribution < -0.4 is 10.0 Å². The summed E-state index contributed by atoms with van der Waals surface area (Å²) in [5.41, 5.74) is 0.960. The molecular formula is C28H54N3O3S+. The highest BCUT2D eigenvalue weighted by atomic mass is 32.2. The smallest absolute Gasteiger partial charge is 0.328 e. The zero-order valence-corrected chi connectivity index (χ0v) is 24.3. The predicted octanol–water partition coefficient (Wildman–Crippen LogP) is 6.79. The average molecular weight is 513 g/mol. The molecule has 2 amide bonds. The average Bonchev–Trinajstić information content (AvgIpc) is 2.83. The number of hydrogen-bond donors (Lipinski definition) is 2. The van der Waals surface area contributed by atoms with Gasteiger partial charge in [0.15, 0.2) is 0 Å². The van der Waals surface area contributed by atoms with Gasteiger partial charge in [-0.15, -0.1) is 0 Å². The molecule has 0 aliphatic rings. The van der Waals surface area contributed by atoms with E-state index in [1.807, 2.05) is 18.6 Å². The van der Waals surface area contributed by atoms with E-state index in [4.69, 9.17) is 0 Å². The zero-order chi connectivity index (χ0) is 26.6. The molecular weight excluding hydrogens is 458 g/mol.